The van der Waals surface area contributed by atoms with Crippen LogP contribution in [0.1, 0.15) is 42.9 Å². The maximum absolute atomic E-state index is 13.0. The molecule has 2 aliphatic rings. The van der Waals surface area contributed by atoms with E-state index in [1.165, 1.54) is 10.4 Å². The summed E-state index contributed by atoms with van der Waals surface area (Å²) in [5, 5.41) is 3.14. The fourth-order valence-corrected chi connectivity index (χ4v) is 5.69. The second-order valence-corrected chi connectivity index (χ2v) is 10.4. The number of halogens is 3. The number of nitrogens with one attached hydrogen (secondary N) is 1. The smallest absolute Gasteiger partial charge is 0.349 e. The van der Waals surface area contributed by atoms with Crippen molar-refractivity contribution in [1.29, 1.82) is 0 Å². The zero-order valence-electron chi connectivity index (χ0n) is 17.4. The number of carbonyl (C=O) groups is 1. The van der Waals surface area contributed by atoms with Gasteiger partial charge in [0.1, 0.15) is 0 Å². The van der Waals surface area contributed by atoms with Crippen LogP contribution in [-0.2, 0) is 21.0 Å². The lowest BCUT2D eigenvalue weighted by atomic mass is 9.95. The molecule has 172 valence electrons. The average molecular weight is 467 g/mol. The fraction of sp³-hybridized carbons (Fsp3) is 0.435. The van der Waals surface area contributed by atoms with Crippen molar-refractivity contribution < 1.29 is 26.4 Å². The van der Waals surface area contributed by atoms with Gasteiger partial charge in [0.25, 0.3) is 0 Å². The van der Waals surface area contributed by atoms with E-state index in [9.17, 15) is 26.4 Å². The molecule has 0 spiro atoms. The Hall–Kier alpha value is -2.39. The SMILES string of the molecule is O=C(N[C@@H](c1ccccc1)C1CC1)C1CCN(S(=O)(=O)c2cccc(C(F)(F)F)c2)CC1. The molecule has 1 heterocycles. The van der Waals surface area contributed by atoms with Crippen molar-refractivity contribution in [3.8, 4) is 0 Å². The van der Waals surface area contributed by atoms with Gasteiger partial charge in [0.2, 0.25) is 15.9 Å². The Balaban J connectivity index is 1.40. The number of nitrogens with zero attached hydrogens (tertiary/aromatic N) is 1. The summed E-state index contributed by atoms with van der Waals surface area (Å²) >= 11 is 0. The van der Waals surface area contributed by atoms with Gasteiger partial charge in [0.05, 0.1) is 16.5 Å². The quantitative estimate of drug-likeness (QED) is 0.688. The molecule has 0 aromatic heterocycles. The van der Waals surface area contributed by atoms with Crippen LogP contribution >= 0.6 is 0 Å². The molecule has 1 saturated heterocycles. The monoisotopic (exact) mass is 466 g/mol. The summed E-state index contributed by atoms with van der Waals surface area (Å²) < 4.78 is 65.8. The highest BCUT2D eigenvalue weighted by atomic mass is 32.2. The molecular formula is C23H25F3N2O3S. The Labute approximate surface area is 185 Å². The minimum absolute atomic E-state index is 0.0458. The van der Waals surface area contributed by atoms with Crippen LogP contribution < -0.4 is 5.32 Å². The number of carbonyl (C=O) groups excluding carboxylic acids is 1. The van der Waals surface area contributed by atoms with Gasteiger partial charge in [-0.05, 0) is 55.4 Å². The fourth-order valence-electron chi connectivity index (χ4n) is 4.17. The number of rotatable bonds is 6. The standard InChI is InChI=1S/C23H25F3N2O3S/c24-23(25,26)19-7-4-8-20(15-19)32(30,31)28-13-11-18(12-14-28)22(29)27-21(17-9-10-17)16-5-2-1-3-6-16/h1-8,15,17-18,21H,9-14H2,(H,27,29)/t21-/m0/s1. The van der Waals surface area contributed by atoms with Gasteiger partial charge in [-0.15, -0.1) is 0 Å². The number of hydrogen-bond acceptors (Lipinski definition) is 3. The molecule has 32 heavy (non-hydrogen) atoms. The van der Waals surface area contributed by atoms with E-state index in [1.807, 2.05) is 30.3 Å². The highest BCUT2D eigenvalue weighted by Gasteiger charge is 2.37. The maximum atomic E-state index is 13.0. The second kappa shape index (κ2) is 8.86. The second-order valence-electron chi connectivity index (χ2n) is 8.44. The number of benzene rings is 2. The van der Waals surface area contributed by atoms with E-state index < -0.39 is 21.8 Å². The summed E-state index contributed by atoms with van der Waals surface area (Å²) in [7, 11) is -4.06. The van der Waals surface area contributed by atoms with E-state index in [4.69, 9.17) is 0 Å². The van der Waals surface area contributed by atoms with Gasteiger partial charge in [-0.25, -0.2) is 8.42 Å². The molecule has 1 saturated carbocycles. The third-order valence-corrected chi connectivity index (χ3v) is 8.07. The Morgan fingerprint density at radius 2 is 1.62 bits per heavy atom. The zero-order valence-corrected chi connectivity index (χ0v) is 18.2. The molecule has 0 unspecified atom stereocenters. The first-order valence-corrected chi connectivity index (χ1v) is 12.1. The number of alkyl halides is 3. The number of hydrogen-bond donors (Lipinski definition) is 1. The molecule has 2 fully saturated rings. The Morgan fingerprint density at radius 3 is 2.22 bits per heavy atom. The van der Waals surface area contributed by atoms with E-state index >= 15 is 0 Å². The predicted molar refractivity (Wildman–Crippen MR) is 113 cm³/mol. The molecule has 4 rings (SSSR count). The van der Waals surface area contributed by atoms with Crippen molar-refractivity contribution in [3.05, 3.63) is 65.7 Å². The average Bonchev–Trinajstić information content (AvgIpc) is 3.63. The van der Waals surface area contributed by atoms with Gasteiger partial charge >= 0.3 is 6.18 Å². The molecule has 5 nitrogen and oxygen atoms in total. The summed E-state index contributed by atoms with van der Waals surface area (Å²) in [6.45, 7) is 0.187. The maximum Gasteiger partial charge on any atom is 0.416 e. The molecule has 1 amide bonds. The largest absolute Gasteiger partial charge is 0.416 e. The molecule has 2 aromatic carbocycles. The first-order valence-electron chi connectivity index (χ1n) is 10.7. The van der Waals surface area contributed by atoms with Crippen LogP contribution in [0.25, 0.3) is 0 Å². The van der Waals surface area contributed by atoms with Gasteiger partial charge in [0, 0.05) is 19.0 Å². The number of sulfonamides is 1. The van der Waals surface area contributed by atoms with Crippen molar-refractivity contribution in [1.82, 2.24) is 9.62 Å². The van der Waals surface area contributed by atoms with Gasteiger partial charge in [-0.2, -0.15) is 17.5 Å². The van der Waals surface area contributed by atoms with Crippen LogP contribution in [0.5, 0.6) is 0 Å². The molecule has 1 atom stereocenters. The van der Waals surface area contributed by atoms with Crippen molar-refractivity contribution in [3.63, 3.8) is 0 Å². The van der Waals surface area contributed by atoms with E-state index in [2.05, 4.69) is 5.32 Å². The summed E-state index contributed by atoms with van der Waals surface area (Å²) in [5.41, 5.74) is 0.0628. The first-order chi connectivity index (χ1) is 15.2. The Bertz CT molecular complexity index is 1060. The zero-order chi connectivity index (χ0) is 22.9. The molecule has 9 heteroatoms. The van der Waals surface area contributed by atoms with Crippen LogP contribution in [0.3, 0.4) is 0 Å². The molecule has 1 N–H and O–H groups in total. The first kappa shape index (κ1) is 22.8. The summed E-state index contributed by atoms with van der Waals surface area (Å²) in [4.78, 5) is 12.5. The van der Waals surface area contributed by atoms with Crippen LogP contribution in [0.2, 0.25) is 0 Å². The van der Waals surface area contributed by atoms with E-state index in [0.717, 1.165) is 30.5 Å². The van der Waals surface area contributed by atoms with Crippen LogP contribution in [0, 0.1) is 11.8 Å². The van der Waals surface area contributed by atoms with Crippen molar-refractivity contribution >= 4 is 15.9 Å². The van der Waals surface area contributed by atoms with E-state index in [1.54, 1.807) is 0 Å². The summed E-state index contributed by atoms with van der Waals surface area (Å²) in [6.07, 6.45) is -1.83. The minimum atomic E-state index is -4.62. The Kier molecular flexibility index (Phi) is 6.31. The van der Waals surface area contributed by atoms with Crippen LogP contribution in [0.4, 0.5) is 13.2 Å². The molecule has 2 aromatic rings. The molecule has 0 bridgehead atoms. The normalized spacial score (nSPS) is 19.5. The molecule has 0 radical (unpaired) electrons. The lowest BCUT2D eigenvalue weighted by molar-refractivity contribution is -0.137. The highest BCUT2D eigenvalue weighted by molar-refractivity contribution is 7.89. The third kappa shape index (κ3) is 4.99. The van der Waals surface area contributed by atoms with Crippen LogP contribution in [0.15, 0.2) is 59.5 Å². The van der Waals surface area contributed by atoms with Crippen LogP contribution in [-0.4, -0.2) is 31.7 Å². The van der Waals surface area contributed by atoms with E-state index in [-0.39, 0.29) is 35.9 Å². The Morgan fingerprint density at radius 1 is 0.969 bits per heavy atom. The molecule has 1 aliphatic heterocycles. The molecule has 1 aliphatic carbocycles. The van der Waals surface area contributed by atoms with E-state index in [0.29, 0.717) is 24.8 Å². The van der Waals surface area contributed by atoms with Crippen molar-refractivity contribution in [2.75, 3.05) is 13.1 Å². The highest BCUT2D eigenvalue weighted by Crippen LogP contribution is 2.41. The van der Waals surface area contributed by atoms with Gasteiger partial charge in [0.15, 0.2) is 0 Å². The van der Waals surface area contributed by atoms with Crippen molar-refractivity contribution in [2.45, 2.75) is 42.8 Å². The predicted octanol–water partition coefficient (Wildman–Crippen LogP) is 4.37. The molecular weight excluding hydrogens is 441 g/mol. The number of piperidine rings is 1. The summed E-state index contributed by atoms with van der Waals surface area (Å²) in [6, 6.07) is 13.5. The van der Waals surface area contributed by atoms with Gasteiger partial charge in [-0.1, -0.05) is 36.4 Å². The number of amides is 1. The topological polar surface area (TPSA) is 66.5 Å². The lowest BCUT2D eigenvalue weighted by Crippen LogP contribution is -2.44. The van der Waals surface area contributed by atoms with Gasteiger partial charge < -0.3 is 5.32 Å². The lowest BCUT2D eigenvalue weighted by Gasteiger charge is -2.31. The summed E-state index contributed by atoms with van der Waals surface area (Å²) in [5.74, 6) is -0.00230. The van der Waals surface area contributed by atoms with Gasteiger partial charge in [-0.3, -0.25) is 4.79 Å². The van der Waals surface area contributed by atoms with Crippen molar-refractivity contribution in [2.24, 2.45) is 11.8 Å². The third-order valence-electron chi connectivity index (χ3n) is 6.17. The minimum Gasteiger partial charge on any atom is -0.349 e.